The van der Waals surface area contributed by atoms with E-state index in [2.05, 4.69) is 10.0 Å². The molecule has 11 heteroatoms. The highest BCUT2D eigenvalue weighted by Crippen LogP contribution is 2.31. The summed E-state index contributed by atoms with van der Waals surface area (Å²) in [4.78, 5) is 22.7. The van der Waals surface area contributed by atoms with Crippen molar-refractivity contribution in [3.8, 4) is 0 Å². The zero-order valence-electron chi connectivity index (χ0n) is 16.1. The minimum atomic E-state index is -4.70. The van der Waals surface area contributed by atoms with Gasteiger partial charge in [-0.1, -0.05) is 12.1 Å². The molecule has 0 heterocycles. The predicted octanol–water partition coefficient (Wildman–Crippen LogP) is 4.46. The van der Waals surface area contributed by atoms with E-state index in [1.54, 1.807) is 0 Å². The third-order valence-corrected chi connectivity index (χ3v) is 5.62. The lowest BCUT2D eigenvalue weighted by molar-refractivity contribution is -0.137. The second kappa shape index (κ2) is 8.71. The minimum absolute atomic E-state index is 0.0312. The van der Waals surface area contributed by atoms with Crippen molar-refractivity contribution in [2.24, 2.45) is 0 Å². The van der Waals surface area contributed by atoms with Crippen molar-refractivity contribution in [1.82, 2.24) is 0 Å². The van der Waals surface area contributed by atoms with Gasteiger partial charge in [0.2, 0.25) is 0 Å². The lowest BCUT2D eigenvalue weighted by Crippen LogP contribution is -2.16. The maximum Gasteiger partial charge on any atom is 0.416 e. The first-order valence-corrected chi connectivity index (χ1v) is 10.4. The average molecular weight is 464 g/mol. The number of carboxylic acids is 1. The average Bonchev–Trinajstić information content (AvgIpc) is 2.73. The summed E-state index contributed by atoms with van der Waals surface area (Å²) in [6.45, 7) is 0. The van der Waals surface area contributed by atoms with Gasteiger partial charge in [-0.05, 0) is 60.7 Å². The molecule has 0 unspecified atom stereocenters. The van der Waals surface area contributed by atoms with E-state index < -0.39 is 38.5 Å². The molecule has 32 heavy (non-hydrogen) atoms. The SMILES string of the molecule is O=C(O)c1ccc(NC(=O)c2cccc(NS(=O)(=O)c3cccc(C(F)(F)F)c3)c2)cc1. The Kier molecular flexibility index (Phi) is 6.21. The van der Waals surface area contributed by atoms with Gasteiger partial charge in [-0.25, -0.2) is 13.2 Å². The number of hydrogen-bond acceptors (Lipinski definition) is 4. The number of carboxylic acid groups (broad SMARTS) is 1. The Morgan fingerprint density at radius 3 is 2.09 bits per heavy atom. The second-order valence-electron chi connectivity index (χ2n) is 6.55. The first kappa shape index (κ1) is 22.8. The fourth-order valence-electron chi connectivity index (χ4n) is 2.68. The van der Waals surface area contributed by atoms with Crippen LogP contribution in [0.3, 0.4) is 0 Å². The van der Waals surface area contributed by atoms with Crippen molar-refractivity contribution >= 4 is 33.3 Å². The van der Waals surface area contributed by atoms with Crippen molar-refractivity contribution < 1.29 is 36.3 Å². The van der Waals surface area contributed by atoms with E-state index in [4.69, 9.17) is 5.11 Å². The molecule has 3 N–H and O–H groups in total. The Labute approximate surface area is 180 Å². The van der Waals surface area contributed by atoms with E-state index in [1.165, 1.54) is 48.5 Å². The summed E-state index contributed by atoms with van der Waals surface area (Å²) in [5, 5.41) is 11.4. The van der Waals surface area contributed by atoms with Gasteiger partial charge in [-0.15, -0.1) is 0 Å². The lowest BCUT2D eigenvalue weighted by atomic mass is 10.1. The Bertz CT molecular complexity index is 1270. The van der Waals surface area contributed by atoms with E-state index in [1.807, 2.05) is 0 Å². The molecule has 0 atom stereocenters. The summed E-state index contributed by atoms with van der Waals surface area (Å²) in [6, 6.07) is 14.0. The summed E-state index contributed by atoms with van der Waals surface area (Å²) < 4.78 is 65.8. The summed E-state index contributed by atoms with van der Waals surface area (Å²) in [5.74, 6) is -1.73. The molecular formula is C21H15F3N2O5S. The molecule has 0 fully saturated rings. The molecule has 0 aromatic heterocycles. The van der Waals surface area contributed by atoms with Crippen LogP contribution in [-0.4, -0.2) is 25.4 Å². The fourth-order valence-corrected chi connectivity index (χ4v) is 3.77. The maximum absolute atomic E-state index is 12.9. The van der Waals surface area contributed by atoms with Crippen molar-refractivity contribution in [2.75, 3.05) is 10.0 Å². The zero-order valence-corrected chi connectivity index (χ0v) is 16.9. The van der Waals surface area contributed by atoms with Crippen LogP contribution in [0.15, 0.2) is 77.7 Å². The largest absolute Gasteiger partial charge is 0.478 e. The molecule has 0 aliphatic heterocycles. The number of carbonyl (C=O) groups excluding carboxylic acids is 1. The highest BCUT2D eigenvalue weighted by molar-refractivity contribution is 7.92. The normalized spacial score (nSPS) is 11.6. The highest BCUT2D eigenvalue weighted by Gasteiger charge is 2.31. The molecular weight excluding hydrogens is 449 g/mol. The van der Waals surface area contributed by atoms with Gasteiger partial charge in [-0.3, -0.25) is 9.52 Å². The van der Waals surface area contributed by atoms with Crippen molar-refractivity contribution in [3.63, 3.8) is 0 Å². The van der Waals surface area contributed by atoms with Crippen molar-refractivity contribution in [1.29, 1.82) is 0 Å². The molecule has 3 rings (SSSR count). The van der Waals surface area contributed by atoms with Gasteiger partial charge in [0.15, 0.2) is 0 Å². The fraction of sp³-hybridized carbons (Fsp3) is 0.0476. The topological polar surface area (TPSA) is 113 Å². The quantitative estimate of drug-likeness (QED) is 0.499. The lowest BCUT2D eigenvalue weighted by Gasteiger charge is -2.12. The number of alkyl halides is 3. The molecule has 0 saturated carbocycles. The number of halogens is 3. The number of benzene rings is 3. The van der Waals surface area contributed by atoms with Gasteiger partial charge in [-0.2, -0.15) is 13.2 Å². The van der Waals surface area contributed by atoms with Crippen LogP contribution in [0.1, 0.15) is 26.3 Å². The van der Waals surface area contributed by atoms with Crippen molar-refractivity contribution in [3.05, 3.63) is 89.5 Å². The minimum Gasteiger partial charge on any atom is -0.478 e. The van der Waals surface area contributed by atoms with Crippen LogP contribution < -0.4 is 10.0 Å². The van der Waals surface area contributed by atoms with E-state index >= 15 is 0 Å². The van der Waals surface area contributed by atoms with Gasteiger partial charge in [0, 0.05) is 16.9 Å². The smallest absolute Gasteiger partial charge is 0.416 e. The van der Waals surface area contributed by atoms with E-state index in [0.717, 1.165) is 18.2 Å². The third kappa shape index (κ3) is 5.43. The molecule has 166 valence electrons. The van der Waals surface area contributed by atoms with E-state index in [9.17, 15) is 31.2 Å². The molecule has 0 aliphatic carbocycles. The third-order valence-electron chi connectivity index (χ3n) is 4.24. The monoisotopic (exact) mass is 464 g/mol. The number of aromatic carboxylic acids is 1. The number of anilines is 2. The number of sulfonamides is 1. The summed E-state index contributed by atoms with van der Waals surface area (Å²) in [6.07, 6.45) is -4.70. The molecule has 3 aromatic rings. The van der Waals surface area contributed by atoms with Crippen LogP contribution in [0.4, 0.5) is 24.5 Å². The molecule has 0 spiro atoms. The Morgan fingerprint density at radius 2 is 1.47 bits per heavy atom. The highest BCUT2D eigenvalue weighted by atomic mass is 32.2. The molecule has 0 aliphatic rings. The van der Waals surface area contributed by atoms with Crippen LogP contribution >= 0.6 is 0 Å². The molecule has 3 aromatic carbocycles. The van der Waals surface area contributed by atoms with Crippen LogP contribution in [0.2, 0.25) is 0 Å². The Balaban J connectivity index is 1.78. The zero-order chi connectivity index (χ0) is 23.5. The predicted molar refractivity (Wildman–Crippen MR) is 110 cm³/mol. The molecule has 0 radical (unpaired) electrons. The Morgan fingerprint density at radius 1 is 0.812 bits per heavy atom. The van der Waals surface area contributed by atoms with Crippen LogP contribution in [0.25, 0.3) is 0 Å². The van der Waals surface area contributed by atoms with Crippen LogP contribution in [0.5, 0.6) is 0 Å². The van der Waals surface area contributed by atoms with E-state index in [-0.39, 0.29) is 16.8 Å². The van der Waals surface area contributed by atoms with Gasteiger partial charge in [0.25, 0.3) is 15.9 Å². The first-order chi connectivity index (χ1) is 15.0. The summed E-state index contributed by atoms with van der Waals surface area (Å²) in [7, 11) is -4.35. The number of carbonyl (C=O) groups is 2. The molecule has 0 bridgehead atoms. The standard InChI is InChI=1S/C21H15F3N2O5S/c22-21(23,24)15-4-2-6-18(12-15)32(30,31)26-17-5-1-3-14(11-17)19(27)25-16-9-7-13(8-10-16)20(28)29/h1-12,26H,(H,25,27)(H,28,29). The number of hydrogen-bond donors (Lipinski definition) is 3. The first-order valence-electron chi connectivity index (χ1n) is 8.90. The summed E-state index contributed by atoms with van der Waals surface area (Å²) in [5.41, 5.74) is -0.723. The van der Waals surface area contributed by atoms with Gasteiger partial charge in [0.1, 0.15) is 0 Å². The molecule has 7 nitrogen and oxygen atoms in total. The van der Waals surface area contributed by atoms with Crippen LogP contribution in [0, 0.1) is 0 Å². The molecule has 0 saturated heterocycles. The maximum atomic E-state index is 12.9. The Hall–Kier alpha value is -3.86. The van der Waals surface area contributed by atoms with Gasteiger partial charge < -0.3 is 10.4 Å². The summed E-state index contributed by atoms with van der Waals surface area (Å²) >= 11 is 0. The number of amides is 1. The van der Waals surface area contributed by atoms with E-state index in [0.29, 0.717) is 11.8 Å². The molecule has 1 amide bonds. The number of nitrogens with one attached hydrogen (secondary N) is 2. The second-order valence-corrected chi connectivity index (χ2v) is 8.23. The van der Waals surface area contributed by atoms with Crippen molar-refractivity contribution in [2.45, 2.75) is 11.1 Å². The number of rotatable bonds is 6. The van der Waals surface area contributed by atoms with Gasteiger partial charge >= 0.3 is 12.1 Å². The van der Waals surface area contributed by atoms with Gasteiger partial charge in [0.05, 0.1) is 16.0 Å². The van der Waals surface area contributed by atoms with Crippen LogP contribution in [-0.2, 0) is 16.2 Å².